The van der Waals surface area contributed by atoms with Crippen molar-refractivity contribution in [1.29, 1.82) is 0 Å². The Labute approximate surface area is 155 Å². The van der Waals surface area contributed by atoms with Gasteiger partial charge < -0.3 is 4.42 Å². The average molecular weight is 382 g/mol. The minimum absolute atomic E-state index is 0.0506. The number of benzene rings is 1. The zero-order valence-corrected chi connectivity index (χ0v) is 14.7. The highest BCUT2D eigenvalue weighted by atomic mass is 32.2. The number of hydrogen-bond donors (Lipinski definition) is 0. The van der Waals surface area contributed by atoms with E-state index in [9.17, 15) is 10.1 Å². The highest BCUT2D eigenvalue weighted by Crippen LogP contribution is 2.34. The van der Waals surface area contributed by atoms with Crippen molar-refractivity contribution < 1.29 is 9.34 Å². The lowest BCUT2D eigenvalue weighted by atomic mass is 10.1. The van der Waals surface area contributed by atoms with Gasteiger partial charge in [-0.1, -0.05) is 36.4 Å². The Hall–Kier alpha value is -3.04. The molecule has 3 aromatic heterocycles. The first-order valence-electron chi connectivity index (χ1n) is 7.47. The monoisotopic (exact) mass is 382 g/mol. The molecule has 0 N–H and O–H groups in total. The minimum atomic E-state index is -0.439. The summed E-state index contributed by atoms with van der Waals surface area (Å²) in [5.74, 6) is 0.438. The molecule has 26 heavy (non-hydrogen) atoms. The summed E-state index contributed by atoms with van der Waals surface area (Å²) in [5, 5.41) is 22.1. The number of thiophene rings is 1. The summed E-state index contributed by atoms with van der Waals surface area (Å²) in [5.41, 5.74) is 0.926. The van der Waals surface area contributed by atoms with Crippen LogP contribution >= 0.6 is 23.1 Å². The highest BCUT2D eigenvalue weighted by molar-refractivity contribution is 7.99. The van der Waals surface area contributed by atoms with Crippen molar-refractivity contribution in [3.63, 3.8) is 0 Å². The van der Waals surface area contributed by atoms with E-state index in [0.717, 1.165) is 4.88 Å². The van der Waals surface area contributed by atoms with Gasteiger partial charge in [0, 0.05) is 11.6 Å². The van der Waals surface area contributed by atoms with Gasteiger partial charge in [0.2, 0.25) is 0 Å². The molecule has 128 valence electrons. The summed E-state index contributed by atoms with van der Waals surface area (Å²) in [4.78, 5) is 16.2. The summed E-state index contributed by atoms with van der Waals surface area (Å²) in [6.45, 7) is 0. The quantitative estimate of drug-likeness (QED) is 0.357. The molecule has 1 aromatic carbocycles. The first-order chi connectivity index (χ1) is 12.7. The summed E-state index contributed by atoms with van der Waals surface area (Å²) >= 11 is 2.67. The van der Waals surface area contributed by atoms with Crippen LogP contribution in [0.5, 0.6) is 0 Å². The van der Waals surface area contributed by atoms with Gasteiger partial charge in [0.15, 0.2) is 0 Å². The lowest BCUT2D eigenvalue weighted by molar-refractivity contribution is -0.384. The number of nitro groups is 1. The van der Waals surface area contributed by atoms with E-state index in [-0.39, 0.29) is 5.69 Å². The van der Waals surface area contributed by atoms with Crippen molar-refractivity contribution in [3.8, 4) is 22.0 Å². The Morgan fingerprint density at radius 1 is 1.04 bits per heavy atom. The average Bonchev–Trinajstić information content (AvgIpc) is 3.34. The van der Waals surface area contributed by atoms with Gasteiger partial charge in [-0.15, -0.1) is 21.5 Å². The van der Waals surface area contributed by atoms with E-state index in [1.54, 1.807) is 18.2 Å². The van der Waals surface area contributed by atoms with Crippen LogP contribution in [0.2, 0.25) is 0 Å². The van der Waals surface area contributed by atoms with E-state index in [2.05, 4.69) is 15.2 Å². The topological polar surface area (TPSA) is 95.0 Å². The molecule has 3 heterocycles. The van der Waals surface area contributed by atoms with Crippen molar-refractivity contribution in [2.24, 2.45) is 0 Å². The molecule has 0 spiro atoms. The van der Waals surface area contributed by atoms with Gasteiger partial charge in [0.25, 0.3) is 16.8 Å². The van der Waals surface area contributed by atoms with Crippen LogP contribution < -0.4 is 0 Å². The summed E-state index contributed by atoms with van der Waals surface area (Å²) in [6, 6.07) is 15.8. The SMILES string of the molecule is O=[N+]([O-])c1ccc(Sc2nnc(-c3cccs3)o2)nc1-c1ccccc1. The summed E-state index contributed by atoms with van der Waals surface area (Å²) < 4.78 is 5.63. The zero-order valence-electron chi connectivity index (χ0n) is 13.1. The van der Waals surface area contributed by atoms with Crippen molar-refractivity contribution >= 4 is 28.8 Å². The van der Waals surface area contributed by atoms with Crippen molar-refractivity contribution in [1.82, 2.24) is 15.2 Å². The molecule has 7 nitrogen and oxygen atoms in total. The third-order valence-corrected chi connectivity index (χ3v) is 5.06. The highest BCUT2D eigenvalue weighted by Gasteiger charge is 2.19. The third kappa shape index (κ3) is 3.35. The maximum atomic E-state index is 11.3. The van der Waals surface area contributed by atoms with Gasteiger partial charge in [-0.25, -0.2) is 4.98 Å². The minimum Gasteiger partial charge on any atom is -0.410 e. The predicted octanol–water partition coefficient (Wildman–Crippen LogP) is 4.92. The zero-order chi connectivity index (χ0) is 17.9. The van der Waals surface area contributed by atoms with Gasteiger partial charge in [-0.2, -0.15) is 0 Å². The molecule has 0 radical (unpaired) electrons. The molecule has 0 aliphatic rings. The number of hydrogen-bond acceptors (Lipinski definition) is 8. The van der Waals surface area contributed by atoms with Gasteiger partial charge in [0.05, 0.1) is 9.80 Å². The Balaban J connectivity index is 1.66. The number of nitrogens with zero attached hydrogens (tertiary/aromatic N) is 4. The van der Waals surface area contributed by atoms with Gasteiger partial charge in [-0.05, 0) is 29.3 Å². The van der Waals surface area contributed by atoms with E-state index in [1.165, 1.54) is 29.2 Å². The molecule has 4 rings (SSSR count). The van der Waals surface area contributed by atoms with E-state index >= 15 is 0 Å². The fourth-order valence-corrected chi connectivity index (χ4v) is 3.59. The molecular formula is C17H10N4O3S2. The normalized spacial score (nSPS) is 10.8. The molecule has 0 saturated heterocycles. The first kappa shape index (κ1) is 16.4. The number of rotatable bonds is 5. The molecule has 0 atom stereocenters. The van der Waals surface area contributed by atoms with Crippen LogP contribution in [0.3, 0.4) is 0 Å². The molecule has 9 heteroatoms. The van der Waals surface area contributed by atoms with Crippen LogP contribution in [0.1, 0.15) is 0 Å². The van der Waals surface area contributed by atoms with Crippen molar-refractivity contribution in [3.05, 3.63) is 70.1 Å². The van der Waals surface area contributed by atoms with Crippen LogP contribution in [-0.4, -0.2) is 20.1 Å². The standard InChI is InChI=1S/C17H10N4O3S2/c22-21(23)12-8-9-14(18-15(12)11-5-2-1-3-6-11)26-17-20-19-16(24-17)13-7-4-10-25-13/h1-10H. The second-order valence-electron chi connectivity index (χ2n) is 5.09. The van der Waals surface area contributed by atoms with Crippen molar-refractivity contribution in [2.75, 3.05) is 0 Å². The van der Waals surface area contributed by atoms with Gasteiger partial charge >= 0.3 is 0 Å². The number of aromatic nitrogens is 3. The fraction of sp³-hybridized carbons (Fsp3) is 0. The Kier molecular flexibility index (Phi) is 4.46. The Morgan fingerprint density at radius 2 is 1.88 bits per heavy atom. The van der Waals surface area contributed by atoms with E-state index in [1.807, 2.05) is 35.7 Å². The van der Waals surface area contributed by atoms with E-state index < -0.39 is 4.92 Å². The lowest BCUT2D eigenvalue weighted by Gasteiger charge is -2.04. The molecule has 4 aromatic rings. The second kappa shape index (κ2) is 7.06. The molecule has 0 saturated carbocycles. The Bertz CT molecular complexity index is 1050. The first-order valence-corrected chi connectivity index (χ1v) is 9.16. The van der Waals surface area contributed by atoms with Crippen LogP contribution in [0.25, 0.3) is 22.0 Å². The molecule has 0 fully saturated rings. The van der Waals surface area contributed by atoms with E-state index in [0.29, 0.717) is 27.4 Å². The largest absolute Gasteiger partial charge is 0.410 e. The molecule has 0 aliphatic carbocycles. The van der Waals surface area contributed by atoms with Gasteiger partial charge in [-0.3, -0.25) is 10.1 Å². The van der Waals surface area contributed by atoms with Crippen LogP contribution in [0.15, 0.2) is 74.6 Å². The van der Waals surface area contributed by atoms with Crippen LogP contribution in [-0.2, 0) is 0 Å². The molecule has 0 unspecified atom stereocenters. The fourth-order valence-electron chi connectivity index (χ4n) is 2.29. The summed E-state index contributed by atoms with van der Waals surface area (Å²) in [6.07, 6.45) is 0. The maximum absolute atomic E-state index is 11.3. The van der Waals surface area contributed by atoms with Crippen LogP contribution in [0, 0.1) is 10.1 Å². The molecular weight excluding hydrogens is 372 g/mol. The maximum Gasteiger partial charge on any atom is 0.295 e. The van der Waals surface area contributed by atoms with Crippen LogP contribution in [0.4, 0.5) is 5.69 Å². The summed E-state index contributed by atoms with van der Waals surface area (Å²) in [7, 11) is 0. The third-order valence-electron chi connectivity index (χ3n) is 3.42. The smallest absolute Gasteiger partial charge is 0.295 e. The second-order valence-corrected chi connectivity index (χ2v) is 7.01. The molecule has 0 amide bonds. The molecule has 0 bridgehead atoms. The van der Waals surface area contributed by atoms with Gasteiger partial charge in [0.1, 0.15) is 10.7 Å². The number of pyridine rings is 1. The molecule has 0 aliphatic heterocycles. The van der Waals surface area contributed by atoms with Crippen molar-refractivity contribution in [2.45, 2.75) is 10.2 Å². The van der Waals surface area contributed by atoms with E-state index in [4.69, 9.17) is 4.42 Å². The predicted molar refractivity (Wildman–Crippen MR) is 98.1 cm³/mol. The lowest BCUT2D eigenvalue weighted by Crippen LogP contribution is -1.95. The Morgan fingerprint density at radius 3 is 2.62 bits per heavy atom.